The van der Waals surface area contributed by atoms with Gasteiger partial charge in [0.15, 0.2) is 0 Å². The highest BCUT2D eigenvalue weighted by Crippen LogP contribution is 2.23. The number of hydrogen-bond donors (Lipinski definition) is 2. The molecule has 0 fully saturated rings. The number of nitrogens with zero attached hydrogens (tertiary/aromatic N) is 1. The van der Waals surface area contributed by atoms with Crippen LogP contribution < -0.4 is 5.32 Å². The van der Waals surface area contributed by atoms with Crippen LogP contribution in [0.5, 0.6) is 0 Å². The minimum Gasteiger partial charge on any atom is -0.341 e. The minimum atomic E-state index is 0. The van der Waals surface area contributed by atoms with Gasteiger partial charge < -0.3 is 10.3 Å². The number of hydrogen-bond acceptors (Lipinski definition) is 2. The Labute approximate surface area is 130 Å². The van der Waals surface area contributed by atoms with Crippen LogP contribution in [0, 0.1) is 0 Å². The molecule has 1 aromatic heterocycles. The van der Waals surface area contributed by atoms with Crippen molar-refractivity contribution in [1.82, 2.24) is 15.3 Å². The number of halogens is 1. The lowest BCUT2D eigenvalue weighted by molar-refractivity contribution is 0.772. The van der Waals surface area contributed by atoms with Crippen LogP contribution in [0.4, 0.5) is 0 Å². The molecule has 0 amide bonds. The summed E-state index contributed by atoms with van der Waals surface area (Å²) in [6, 6.07) is 18.9. The fraction of sp³-hybridized carbons (Fsp3) is 0.118. The van der Waals surface area contributed by atoms with Crippen LogP contribution in [0.1, 0.15) is 5.82 Å². The van der Waals surface area contributed by atoms with Crippen LogP contribution in [-0.2, 0) is 6.54 Å². The van der Waals surface area contributed by atoms with E-state index in [0.717, 1.165) is 23.6 Å². The van der Waals surface area contributed by atoms with E-state index in [1.54, 1.807) is 0 Å². The molecule has 4 heteroatoms. The lowest BCUT2D eigenvalue weighted by Crippen LogP contribution is -2.06. The minimum absolute atomic E-state index is 0. The fourth-order valence-electron chi connectivity index (χ4n) is 2.24. The Morgan fingerprint density at radius 3 is 2.19 bits per heavy atom. The Morgan fingerprint density at radius 2 is 1.52 bits per heavy atom. The lowest BCUT2D eigenvalue weighted by Gasteiger charge is -2.03. The molecule has 3 rings (SSSR count). The largest absolute Gasteiger partial charge is 0.341 e. The van der Waals surface area contributed by atoms with Gasteiger partial charge in [0.25, 0.3) is 0 Å². The van der Waals surface area contributed by atoms with E-state index in [9.17, 15) is 0 Å². The SMILES string of the molecule is CNCc1ncc(-c2ccc(-c3ccccc3)cc2)[nH]1.Cl. The van der Waals surface area contributed by atoms with Gasteiger partial charge in [-0.2, -0.15) is 0 Å². The van der Waals surface area contributed by atoms with E-state index in [1.807, 2.05) is 19.3 Å². The van der Waals surface area contributed by atoms with Crippen molar-refractivity contribution in [1.29, 1.82) is 0 Å². The van der Waals surface area contributed by atoms with Gasteiger partial charge in [-0.25, -0.2) is 4.98 Å². The van der Waals surface area contributed by atoms with Gasteiger partial charge >= 0.3 is 0 Å². The molecule has 0 saturated heterocycles. The number of H-pyrrole nitrogens is 1. The molecule has 3 aromatic rings. The summed E-state index contributed by atoms with van der Waals surface area (Å²) in [6.07, 6.45) is 1.88. The molecule has 0 aliphatic heterocycles. The van der Waals surface area contributed by atoms with E-state index in [-0.39, 0.29) is 12.4 Å². The summed E-state index contributed by atoms with van der Waals surface area (Å²) >= 11 is 0. The zero-order valence-electron chi connectivity index (χ0n) is 11.8. The summed E-state index contributed by atoms with van der Waals surface area (Å²) in [4.78, 5) is 7.66. The Kier molecular flexibility index (Phi) is 5.14. The molecule has 108 valence electrons. The number of aromatic amines is 1. The second-order valence-electron chi connectivity index (χ2n) is 4.72. The Balaban J connectivity index is 0.00000161. The molecule has 0 saturated carbocycles. The third-order valence-electron chi connectivity index (χ3n) is 3.28. The standard InChI is InChI=1S/C17H17N3.ClH/c1-18-12-17-19-11-16(20-17)15-9-7-14(8-10-15)13-5-3-2-4-6-13;/h2-11,18H,12H2,1H3,(H,19,20);1H. The Morgan fingerprint density at radius 1 is 0.905 bits per heavy atom. The van der Waals surface area contributed by atoms with Gasteiger partial charge in [0.2, 0.25) is 0 Å². The monoisotopic (exact) mass is 299 g/mol. The molecule has 1 heterocycles. The molecule has 2 N–H and O–H groups in total. The fourth-order valence-corrected chi connectivity index (χ4v) is 2.24. The predicted molar refractivity (Wildman–Crippen MR) is 89.5 cm³/mol. The van der Waals surface area contributed by atoms with E-state index in [0.29, 0.717) is 0 Å². The number of aromatic nitrogens is 2. The van der Waals surface area contributed by atoms with Crippen LogP contribution in [0.3, 0.4) is 0 Å². The van der Waals surface area contributed by atoms with Gasteiger partial charge in [-0.05, 0) is 23.7 Å². The Bertz CT molecular complexity index is 675. The highest BCUT2D eigenvalue weighted by Gasteiger charge is 2.03. The highest BCUT2D eigenvalue weighted by molar-refractivity contribution is 5.85. The molecule has 0 spiro atoms. The third kappa shape index (κ3) is 3.51. The normalized spacial score (nSPS) is 10.1. The first-order valence-corrected chi connectivity index (χ1v) is 6.71. The summed E-state index contributed by atoms with van der Waals surface area (Å²) in [5, 5.41) is 3.09. The van der Waals surface area contributed by atoms with Gasteiger partial charge in [-0.1, -0.05) is 54.6 Å². The topological polar surface area (TPSA) is 40.7 Å². The number of benzene rings is 2. The van der Waals surface area contributed by atoms with Crippen molar-refractivity contribution in [2.45, 2.75) is 6.54 Å². The maximum atomic E-state index is 4.34. The van der Waals surface area contributed by atoms with Gasteiger partial charge in [-0.3, -0.25) is 0 Å². The van der Waals surface area contributed by atoms with Crippen molar-refractivity contribution in [2.75, 3.05) is 7.05 Å². The van der Waals surface area contributed by atoms with Gasteiger partial charge in [0.1, 0.15) is 5.82 Å². The molecule has 2 aromatic carbocycles. The van der Waals surface area contributed by atoms with Crippen molar-refractivity contribution in [3.8, 4) is 22.4 Å². The van der Waals surface area contributed by atoms with Gasteiger partial charge in [0, 0.05) is 0 Å². The first-order chi connectivity index (χ1) is 9.86. The first kappa shape index (κ1) is 15.3. The van der Waals surface area contributed by atoms with Crippen LogP contribution >= 0.6 is 12.4 Å². The van der Waals surface area contributed by atoms with Crippen molar-refractivity contribution < 1.29 is 0 Å². The van der Waals surface area contributed by atoms with E-state index >= 15 is 0 Å². The quantitative estimate of drug-likeness (QED) is 0.767. The summed E-state index contributed by atoms with van der Waals surface area (Å²) in [5.41, 5.74) is 4.67. The van der Waals surface area contributed by atoms with E-state index < -0.39 is 0 Å². The second-order valence-corrected chi connectivity index (χ2v) is 4.72. The van der Waals surface area contributed by atoms with Crippen molar-refractivity contribution in [2.24, 2.45) is 0 Å². The van der Waals surface area contributed by atoms with Crippen molar-refractivity contribution >= 4 is 12.4 Å². The van der Waals surface area contributed by atoms with Crippen LogP contribution in [0.2, 0.25) is 0 Å². The van der Waals surface area contributed by atoms with Gasteiger partial charge in [0.05, 0.1) is 18.4 Å². The molecule has 0 bridgehead atoms. The first-order valence-electron chi connectivity index (χ1n) is 6.71. The van der Waals surface area contributed by atoms with Crippen LogP contribution in [0.15, 0.2) is 60.8 Å². The molecular weight excluding hydrogens is 282 g/mol. The van der Waals surface area contributed by atoms with Crippen LogP contribution in [0.25, 0.3) is 22.4 Å². The molecule has 21 heavy (non-hydrogen) atoms. The number of rotatable bonds is 4. The average molecular weight is 300 g/mol. The molecule has 0 aliphatic rings. The molecule has 0 aliphatic carbocycles. The smallest absolute Gasteiger partial charge is 0.120 e. The van der Waals surface area contributed by atoms with E-state index in [2.05, 4.69) is 63.8 Å². The zero-order chi connectivity index (χ0) is 13.8. The summed E-state index contributed by atoms with van der Waals surface area (Å²) in [5.74, 6) is 0.953. The average Bonchev–Trinajstić information content (AvgIpc) is 2.97. The number of nitrogens with one attached hydrogen (secondary N) is 2. The molecular formula is C17H18ClN3. The maximum Gasteiger partial charge on any atom is 0.120 e. The van der Waals surface area contributed by atoms with Crippen molar-refractivity contribution in [3.63, 3.8) is 0 Å². The third-order valence-corrected chi connectivity index (χ3v) is 3.28. The van der Waals surface area contributed by atoms with E-state index in [4.69, 9.17) is 0 Å². The predicted octanol–water partition coefficient (Wildman–Crippen LogP) is 3.88. The summed E-state index contributed by atoms with van der Waals surface area (Å²) < 4.78 is 0. The summed E-state index contributed by atoms with van der Waals surface area (Å²) in [7, 11) is 1.91. The molecule has 0 atom stereocenters. The zero-order valence-corrected chi connectivity index (χ0v) is 12.7. The van der Waals surface area contributed by atoms with Crippen molar-refractivity contribution in [3.05, 3.63) is 66.6 Å². The number of imidazole rings is 1. The second kappa shape index (κ2) is 7.07. The maximum absolute atomic E-state index is 4.34. The molecule has 0 radical (unpaired) electrons. The summed E-state index contributed by atoms with van der Waals surface area (Å²) in [6.45, 7) is 0.752. The lowest BCUT2D eigenvalue weighted by atomic mass is 10.0. The molecule has 3 nitrogen and oxygen atoms in total. The Hall–Kier alpha value is -2.10. The van der Waals surface area contributed by atoms with E-state index in [1.165, 1.54) is 11.1 Å². The van der Waals surface area contributed by atoms with Gasteiger partial charge in [-0.15, -0.1) is 12.4 Å². The molecule has 0 unspecified atom stereocenters. The highest BCUT2D eigenvalue weighted by atomic mass is 35.5. The van der Waals surface area contributed by atoms with Crippen LogP contribution in [-0.4, -0.2) is 17.0 Å².